The topological polar surface area (TPSA) is 129 Å². The monoisotopic (exact) mass is 528 g/mol. The molecule has 3 aromatic heterocycles. The van der Waals surface area contributed by atoms with Crippen LogP contribution in [0.3, 0.4) is 0 Å². The van der Waals surface area contributed by atoms with Gasteiger partial charge in [-0.15, -0.1) is 0 Å². The van der Waals surface area contributed by atoms with Crippen molar-refractivity contribution in [3.8, 4) is 22.4 Å². The van der Waals surface area contributed by atoms with Crippen molar-refractivity contribution in [2.75, 3.05) is 23.8 Å². The molecule has 0 aliphatic carbocycles. The zero-order valence-corrected chi connectivity index (χ0v) is 21.8. The Kier molecular flexibility index (Phi) is 7.49. The van der Waals surface area contributed by atoms with Crippen LogP contribution in [0.1, 0.15) is 29.9 Å². The van der Waals surface area contributed by atoms with Gasteiger partial charge in [0, 0.05) is 47.6 Å². The van der Waals surface area contributed by atoms with Crippen LogP contribution < -0.4 is 10.6 Å². The molecule has 10 heteroatoms. The Morgan fingerprint density at radius 2 is 1.79 bits per heavy atom. The van der Waals surface area contributed by atoms with Crippen molar-refractivity contribution in [3.05, 3.63) is 83.9 Å². The third kappa shape index (κ3) is 5.87. The highest BCUT2D eigenvalue weighted by molar-refractivity contribution is 5.86. The molecular weight excluding hydrogens is 499 g/mol. The van der Waals surface area contributed by atoms with Crippen LogP contribution in [-0.4, -0.2) is 49.4 Å². The molecule has 5 aromatic rings. The molecule has 39 heavy (non-hydrogen) atoms. The quantitative estimate of drug-likeness (QED) is 0.208. The number of anilines is 2. The SMILES string of the molecule is Cc1nc(N[C@@H](C)c2cccc(-c3cnc(NCC(O)CO)nc3)c2)cc(-c2cc(F)c3occ(C)c3c2)n1. The molecule has 0 saturated carbocycles. The van der Waals surface area contributed by atoms with Crippen LogP contribution in [0, 0.1) is 19.7 Å². The summed E-state index contributed by atoms with van der Waals surface area (Å²) in [5, 5.41) is 25.5. The van der Waals surface area contributed by atoms with Crippen LogP contribution >= 0.6 is 0 Å². The molecule has 0 bridgehead atoms. The summed E-state index contributed by atoms with van der Waals surface area (Å²) in [6.45, 7) is 5.54. The Bertz CT molecular complexity index is 1610. The fraction of sp³-hybridized carbons (Fsp3) is 0.241. The van der Waals surface area contributed by atoms with E-state index in [1.807, 2.05) is 44.2 Å². The van der Waals surface area contributed by atoms with Gasteiger partial charge >= 0.3 is 0 Å². The molecule has 0 fully saturated rings. The molecule has 0 spiro atoms. The van der Waals surface area contributed by atoms with E-state index >= 15 is 0 Å². The van der Waals surface area contributed by atoms with Crippen LogP contribution in [0.25, 0.3) is 33.4 Å². The Labute approximate surface area is 224 Å². The molecule has 200 valence electrons. The number of halogens is 1. The van der Waals surface area contributed by atoms with E-state index in [0.29, 0.717) is 28.8 Å². The number of nitrogens with one attached hydrogen (secondary N) is 2. The van der Waals surface area contributed by atoms with Crippen LogP contribution in [0.15, 0.2) is 65.5 Å². The molecule has 9 nitrogen and oxygen atoms in total. The van der Waals surface area contributed by atoms with Gasteiger partial charge in [-0.2, -0.15) is 0 Å². The molecule has 0 amide bonds. The molecule has 5 rings (SSSR count). The van der Waals surface area contributed by atoms with Gasteiger partial charge in [-0.05, 0) is 55.7 Å². The number of aryl methyl sites for hydroxylation is 2. The Balaban J connectivity index is 1.34. The second kappa shape index (κ2) is 11.1. The lowest BCUT2D eigenvalue weighted by Gasteiger charge is -2.17. The number of furan rings is 1. The number of benzene rings is 2. The first-order valence-electron chi connectivity index (χ1n) is 12.6. The lowest BCUT2D eigenvalue weighted by atomic mass is 10.0. The lowest BCUT2D eigenvalue weighted by Crippen LogP contribution is -2.23. The van der Waals surface area contributed by atoms with Crippen molar-refractivity contribution in [1.29, 1.82) is 0 Å². The Morgan fingerprint density at radius 1 is 1.00 bits per heavy atom. The second-order valence-corrected chi connectivity index (χ2v) is 9.44. The number of rotatable bonds is 9. The van der Waals surface area contributed by atoms with Gasteiger partial charge in [0.25, 0.3) is 0 Å². The maximum Gasteiger partial charge on any atom is 0.222 e. The highest BCUT2D eigenvalue weighted by Gasteiger charge is 2.15. The summed E-state index contributed by atoms with van der Waals surface area (Å²) < 4.78 is 20.0. The van der Waals surface area contributed by atoms with E-state index < -0.39 is 11.9 Å². The minimum atomic E-state index is -0.876. The van der Waals surface area contributed by atoms with Gasteiger partial charge in [0.15, 0.2) is 11.4 Å². The van der Waals surface area contributed by atoms with E-state index in [9.17, 15) is 9.50 Å². The van der Waals surface area contributed by atoms with Gasteiger partial charge in [0.2, 0.25) is 5.95 Å². The molecule has 0 saturated heterocycles. The first-order valence-corrected chi connectivity index (χ1v) is 12.6. The maximum absolute atomic E-state index is 14.7. The molecule has 2 atom stereocenters. The van der Waals surface area contributed by atoms with Gasteiger partial charge < -0.3 is 25.3 Å². The summed E-state index contributed by atoms with van der Waals surface area (Å²) >= 11 is 0. The van der Waals surface area contributed by atoms with Crippen LogP contribution in [-0.2, 0) is 0 Å². The maximum atomic E-state index is 14.7. The number of aromatic nitrogens is 4. The summed E-state index contributed by atoms with van der Waals surface area (Å²) in [4.78, 5) is 17.7. The van der Waals surface area contributed by atoms with E-state index in [-0.39, 0.29) is 24.8 Å². The van der Waals surface area contributed by atoms with E-state index in [0.717, 1.165) is 27.6 Å². The van der Waals surface area contributed by atoms with Crippen molar-refractivity contribution < 1.29 is 19.0 Å². The third-order valence-electron chi connectivity index (χ3n) is 6.40. The third-order valence-corrected chi connectivity index (χ3v) is 6.40. The average molecular weight is 529 g/mol. The predicted molar refractivity (Wildman–Crippen MR) is 148 cm³/mol. The minimum Gasteiger partial charge on any atom is -0.461 e. The van der Waals surface area contributed by atoms with Gasteiger partial charge in [-0.3, -0.25) is 0 Å². The fourth-order valence-corrected chi connectivity index (χ4v) is 4.29. The Hall–Kier alpha value is -4.41. The molecule has 0 radical (unpaired) electrons. The van der Waals surface area contributed by atoms with E-state index in [1.54, 1.807) is 25.6 Å². The zero-order valence-electron chi connectivity index (χ0n) is 21.8. The highest BCUT2D eigenvalue weighted by Crippen LogP contribution is 2.31. The van der Waals surface area contributed by atoms with E-state index in [2.05, 4.69) is 36.6 Å². The summed E-state index contributed by atoms with van der Waals surface area (Å²) in [7, 11) is 0. The fourth-order valence-electron chi connectivity index (χ4n) is 4.29. The molecular formula is C29H29FN6O3. The number of nitrogens with zero attached hydrogens (tertiary/aromatic N) is 4. The van der Waals surface area contributed by atoms with Gasteiger partial charge in [-0.25, -0.2) is 24.3 Å². The molecule has 3 heterocycles. The number of aliphatic hydroxyl groups excluding tert-OH is 2. The smallest absolute Gasteiger partial charge is 0.222 e. The van der Waals surface area contributed by atoms with Gasteiger partial charge in [0.1, 0.15) is 11.6 Å². The van der Waals surface area contributed by atoms with E-state index in [4.69, 9.17) is 9.52 Å². The standard InChI is InChI=1S/C29H29FN6O3/c1-16-15-39-28-24(16)8-21(9-25(28)30)26-10-27(36-18(3)35-26)34-17(2)19-5-4-6-20(7-19)22-11-31-29(32-12-22)33-13-23(38)14-37/h4-12,15,17,23,37-38H,13-14H2,1-3H3,(H,31,32,33)(H,34,35,36)/t17-,23?/m0/s1. The minimum absolute atomic E-state index is 0.0933. The van der Waals surface area contributed by atoms with Crippen LogP contribution in [0.5, 0.6) is 0 Å². The number of hydrogen-bond acceptors (Lipinski definition) is 9. The van der Waals surface area contributed by atoms with Crippen LogP contribution in [0.4, 0.5) is 16.2 Å². The average Bonchev–Trinajstić information content (AvgIpc) is 3.32. The number of aliphatic hydroxyl groups is 2. The highest BCUT2D eigenvalue weighted by atomic mass is 19.1. The van der Waals surface area contributed by atoms with Crippen molar-refractivity contribution in [3.63, 3.8) is 0 Å². The summed E-state index contributed by atoms with van der Waals surface area (Å²) in [6.07, 6.45) is 4.08. The first-order chi connectivity index (χ1) is 18.8. The molecule has 2 aromatic carbocycles. The largest absolute Gasteiger partial charge is 0.461 e. The van der Waals surface area contributed by atoms with Crippen molar-refractivity contribution in [2.24, 2.45) is 0 Å². The second-order valence-electron chi connectivity index (χ2n) is 9.44. The number of fused-ring (bicyclic) bond motifs is 1. The van der Waals surface area contributed by atoms with Crippen LogP contribution in [0.2, 0.25) is 0 Å². The zero-order chi connectivity index (χ0) is 27.5. The first kappa shape index (κ1) is 26.2. The Morgan fingerprint density at radius 3 is 2.56 bits per heavy atom. The summed E-state index contributed by atoms with van der Waals surface area (Å²) in [5.41, 5.74) is 5.18. The molecule has 4 N–H and O–H groups in total. The van der Waals surface area contributed by atoms with Crippen molar-refractivity contribution >= 4 is 22.7 Å². The van der Waals surface area contributed by atoms with E-state index in [1.165, 1.54) is 6.07 Å². The van der Waals surface area contributed by atoms with Gasteiger partial charge in [-0.1, -0.05) is 18.2 Å². The normalized spacial score (nSPS) is 12.9. The predicted octanol–water partition coefficient (Wildman–Crippen LogP) is 5.04. The van der Waals surface area contributed by atoms with Crippen molar-refractivity contribution in [2.45, 2.75) is 32.9 Å². The number of hydrogen-bond donors (Lipinski definition) is 4. The molecule has 0 aliphatic heterocycles. The lowest BCUT2D eigenvalue weighted by molar-refractivity contribution is 0.105. The summed E-state index contributed by atoms with van der Waals surface area (Å²) in [5.74, 6) is 1.14. The van der Waals surface area contributed by atoms with Gasteiger partial charge in [0.05, 0.1) is 24.7 Å². The molecule has 1 unspecified atom stereocenters. The molecule has 0 aliphatic rings. The summed E-state index contributed by atoms with van der Waals surface area (Å²) in [6, 6.07) is 13.1. The van der Waals surface area contributed by atoms with Crippen molar-refractivity contribution in [1.82, 2.24) is 19.9 Å².